The van der Waals surface area contributed by atoms with E-state index in [9.17, 15) is 4.79 Å². The largest absolute Gasteiger partial charge is 0.480 e. The Hall–Kier alpha value is -0.570. The van der Waals surface area contributed by atoms with Crippen molar-refractivity contribution in [3.63, 3.8) is 0 Å². The third-order valence-electron chi connectivity index (χ3n) is 2.88. The van der Waals surface area contributed by atoms with Gasteiger partial charge < -0.3 is 10.4 Å². The van der Waals surface area contributed by atoms with Crippen LogP contribution in [0.3, 0.4) is 0 Å². The van der Waals surface area contributed by atoms with Gasteiger partial charge in [0.15, 0.2) is 0 Å². The second kappa shape index (κ2) is 8.57. The first-order chi connectivity index (χ1) is 7.50. The van der Waals surface area contributed by atoms with Crippen LogP contribution in [0.5, 0.6) is 0 Å². The van der Waals surface area contributed by atoms with E-state index in [0.717, 1.165) is 13.0 Å². The van der Waals surface area contributed by atoms with Gasteiger partial charge in [0.25, 0.3) is 0 Å². The van der Waals surface area contributed by atoms with Crippen molar-refractivity contribution in [2.45, 2.75) is 71.3 Å². The second-order valence-corrected chi connectivity index (χ2v) is 4.98. The Bertz CT molecular complexity index is 190. The minimum Gasteiger partial charge on any atom is -0.480 e. The van der Waals surface area contributed by atoms with Crippen LogP contribution in [0.25, 0.3) is 0 Å². The highest BCUT2D eigenvalue weighted by Gasteiger charge is 2.25. The zero-order valence-corrected chi connectivity index (χ0v) is 11.0. The third-order valence-corrected chi connectivity index (χ3v) is 2.88. The predicted molar refractivity (Wildman–Crippen MR) is 67.7 cm³/mol. The Balaban J connectivity index is 3.30. The summed E-state index contributed by atoms with van der Waals surface area (Å²) in [6, 6.07) is 0. The van der Waals surface area contributed by atoms with Crippen LogP contribution >= 0.6 is 0 Å². The number of aliphatic carboxylic acids is 1. The lowest BCUT2D eigenvalue weighted by molar-refractivity contribution is -0.143. The highest BCUT2D eigenvalue weighted by atomic mass is 16.4. The van der Waals surface area contributed by atoms with Crippen LogP contribution in [0.1, 0.15) is 65.7 Å². The van der Waals surface area contributed by atoms with Gasteiger partial charge in [-0.25, -0.2) is 0 Å². The second-order valence-electron chi connectivity index (χ2n) is 4.98. The van der Waals surface area contributed by atoms with Crippen LogP contribution in [0.2, 0.25) is 0 Å². The summed E-state index contributed by atoms with van der Waals surface area (Å²) in [7, 11) is 0. The number of carboxylic acids is 1. The van der Waals surface area contributed by atoms with Crippen LogP contribution in [0.15, 0.2) is 0 Å². The number of rotatable bonds is 10. The Morgan fingerprint density at radius 1 is 1.06 bits per heavy atom. The Morgan fingerprint density at radius 3 is 2.06 bits per heavy atom. The fourth-order valence-electron chi connectivity index (χ4n) is 1.56. The van der Waals surface area contributed by atoms with E-state index in [2.05, 4.69) is 12.2 Å². The lowest BCUT2D eigenvalue weighted by Crippen LogP contribution is -2.46. The van der Waals surface area contributed by atoms with Crippen molar-refractivity contribution in [1.82, 2.24) is 5.32 Å². The summed E-state index contributed by atoms with van der Waals surface area (Å²) in [5.74, 6) is -0.782. The van der Waals surface area contributed by atoms with E-state index < -0.39 is 11.5 Å². The molecule has 0 aromatic rings. The number of nitrogens with one attached hydrogen (secondary N) is 1. The summed E-state index contributed by atoms with van der Waals surface area (Å²) in [4.78, 5) is 10.8. The molecule has 0 radical (unpaired) electrons. The Kier molecular flexibility index (Phi) is 8.26. The molecule has 3 heteroatoms. The van der Waals surface area contributed by atoms with Gasteiger partial charge in [-0.3, -0.25) is 4.79 Å². The smallest absolute Gasteiger partial charge is 0.323 e. The summed E-state index contributed by atoms with van der Waals surface area (Å²) < 4.78 is 0. The molecule has 3 nitrogen and oxygen atoms in total. The molecule has 0 bridgehead atoms. The molecule has 0 fully saturated rings. The fraction of sp³-hybridized carbons (Fsp3) is 0.923. The molecule has 0 aliphatic carbocycles. The van der Waals surface area contributed by atoms with Crippen molar-refractivity contribution in [2.75, 3.05) is 6.54 Å². The molecule has 0 rings (SSSR count). The Morgan fingerprint density at radius 2 is 1.56 bits per heavy atom. The highest BCUT2D eigenvalue weighted by Crippen LogP contribution is 2.07. The average Bonchev–Trinajstić information content (AvgIpc) is 2.21. The van der Waals surface area contributed by atoms with Crippen LogP contribution in [-0.4, -0.2) is 23.2 Å². The number of hydrogen-bond donors (Lipinski definition) is 2. The maximum Gasteiger partial charge on any atom is 0.323 e. The first kappa shape index (κ1) is 15.4. The van der Waals surface area contributed by atoms with E-state index in [0.29, 0.717) is 0 Å². The van der Waals surface area contributed by atoms with E-state index in [1.165, 1.54) is 38.5 Å². The Labute approximate surface area is 99.6 Å². The molecule has 0 unspecified atom stereocenters. The number of unbranched alkanes of at least 4 members (excludes halogenated alkanes) is 6. The summed E-state index contributed by atoms with van der Waals surface area (Å²) in [6.45, 7) is 6.43. The maximum absolute atomic E-state index is 10.8. The van der Waals surface area contributed by atoms with Gasteiger partial charge in [-0.2, -0.15) is 0 Å². The van der Waals surface area contributed by atoms with E-state index in [1.54, 1.807) is 13.8 Å². The zero-order chi connectivity index (χ0) is 12.4. The highest BCUT2D eigenvalue weighted by molar-refractivity contribution is 5.77. The molecular formula is C13H27NO2. The molecule has 0 aromatic heterocycles. The molecule has 0 saturated heterocycles. The van der Waals surface area contributed by atoms with Crippen LogP contribution in [0.4, 0.5) is 0 Å². The molecular weight excluding hydrogens is 202 g/mol. The predicted octanol–water partition coefficient (Wildman–Crippen LogP) is 3.19. The van der Waals surface area contributed by atoms with Gasteiger partial charge >= 0.3 is 5.97 Å². The molecule has 96 valence electrons. The molecule has 0 heterocycles. The van der Waals surface area contributed by atoms with Gasteiger partial charge in [0.1, 0.15) is 5.54 Å². The summed E-state index contributed by atoms with van der Waals surface area (Å²) in [6.07, 6.45) is 8.82. The number of hydrogen-bond acceptors (Lipinski definition) is 2. The molecule has 0 atom stereocenters. The topological polar surface area (TPSA) is 49.3 Å². The average molecular weight is 229 g/mol. The van der Waals surface area contributed by atoms with Gasteiger partial charge in [-0.15, -0.1) is 0 Å². The van der Waals surface area contributed by atoms with E-state index in [-0.39, 0.29) is 0 Å². The first-order valence-corrected chi connectivity index (χ1v) is 6.49. The van der Waals surface area contributed by atoms with Gasteiger partial charge in [-0.05, 0) is 26.8 Å². The van der Waals surface area contributed by atoms with Crippen molar-refractivity contribution in [2.24, 2.45) is 0 Å². The molecule has 0 aliphatic heterocycles. The standard InChI is InChI=1S/C13H27NO2/c1-4-5-6-7-8-9-10-11-14-13(2,3)12(15)16/h14H,4-11H2,1-3H3,(H,15,16). The van der Waals surface area contributed by atoms with Gasteiger partial charge in [-0.1, -0.05) is 45.4 Å². The third kappa shape index (κ3) is 7.69. The van der Waals surface area contributed by atoms with Crippen LogP contribution in [0, 0.1) is 0 Å². The monoisotopic (exact) mass is 229 g/mol. The lowest BCUT2D eigenvalue weighted by atomic mass is 10.1. The normalized spacial score (nSPS) is 11.7. The van der Waals surface area contributed by atoms with Crippen LogP contribution < -0.4 is 5.32 Å². The summed E-state index contributed by atoms with van der Waals surface area (Å²) in [5.41, 5.74) is -0.789. The van der Waals surface area contributed by atoms with E-state index in [1.807, 2.05) is 0 Å². The zero-order valence-electron chi connectivity index (χ0n) is 11.0. The molecule has 0 aromatic carbocycles. The SMILES string of the molecule is CCCCCCCCCNC(C)(C)C(=O)O. The van der Waals surface area contributed by atoms with Crippen molar-refractivity contribution < 1.29 is 9.90 Å². The van der Waals surface area contributed by atoms with Gasteiger partial charge in [0, 0.05) is 0 Å². The summed E-state index contributed by atoms with van der Waals surface area (Å²) in [5, 5.41) is 11.9. The summed E-state index contributed by atoms with van der Waals surface area (Å²) >= 11 is 0. The molecule has 0 amide bonds. The lowest BCUT2D eigenvalue weighted by Gasteiger charge is -2.20. The van der Waals surface area contributed by atoms with Crippen molar-refractivity contribution in [1.29, 1.82) is 0 Å². The van der Waals surface area contributed by atoms with Gasteiger partial charge in [0.05, 0.1) is 0 Å². The molecule has 2 N–H and O–H groups in total. The van der Waals surface area contributed by atoms with Crippen molar-refractivity contribution >= 4 is 5.97 Å². The molecule has 0 saturated carbocycles. The van der Waals surface area contributed by atoms with Crippen molar-refractivity contribution in [3.8, 4) is 0 Å². The minimum atomic E-state index is -0.789. The molecule has 16 heavy (non-hydrogen) atoms. The van der Waals surface area contributed by atoms with Crippen LogP contribution in [-0.2, 0) is 4.79 Å². The number of carbonyl (C=O) groups is 1. The first-order valence-electron chi connectivity index (χ1n) is 6.49. The van der Waals surface area contributed by atoms with E-state index >= 15 is 0 Å². The molecule has 0 spiro atoms. The fourth-order valence-corrected chi connectivity index (χ4v) is 1.56. The molecule has 0 aliphatic rings. The van der Waals surface area contributed by atoms with Gasteiger partial charge in [0.2, 0.25) is 0 Å². The number of carboxylic acid groups (broad SMARTS) is 1. The maximum atomic E-state index is 10.8. The minimum absolute atomic E-state index is 0.782. The van der Waals surface area contributed by atoms with Crippen molar-refractivity contribution in [3.05, 3.63) is 0 Å². The quantitative estimate of drug-likeness (QED) is 0.566. The van der Waals surface area contributed by atoms with E-state index in [4.69, 9.17) is 5.11 Å².